The molecule has 0 aliphatic rings. The van der Waals surface area contributed by atoms with Gasteiger partial charge in [0.1, 0.15) is 0 Å². The molecule has 0 aromatic heterocycles. The first-order valence-corrected chi connectivity index (χ1v) is 7.16. The maximum Gasteiger partial charge on any atom is 0.0529 e. The Morgan fingerprint density at radius 3 is 2.56 bits per heavy atom. The van der Waals surface area contributed by atoms with Gasteiger partial charge >= 0.3 is 0 Å². The van der Waals surface area contributed by atoms with E-state index >= 15 is 0 Å². The normalized spacial score (nSPS) is 14.6. The second-order valence-corrected chi connectivity index (χ2v) is 5.62. The minimum atomic E-state index is -0.820. The first-order valence-electron chi connectivity index (χ1n) is 5.84. The molecule has 1 aromatic carbocycles. The number of rotatable bonds is 7. The van der Waals surface area contributed by atoms with Gasteiger partial charge in [0.05, 0.1) is 10.8 Å². The average molecular weight is 239 g/mol. The van der Waals surface area contributed by atoms with Crippen molar-refractivity contribution in [3.8, 4) is 0 Å². The summed E-state index contributed by atoms with van der Waals surface area (Å²) >= 11 is 0. The molecule has 0 aliphatic heterocycles. The van der Waals surface area contributed by atoms with Crippen molar-refractivity contribution in [1.82, 2.24) is 5.32 Å². The largest absolute Gasteiger partial charge is 0.317 e. The number of hydrogen-bond acceptors (Lipinski definition) is 2. The number of unbranched alkanes of at least 4 members (excludes halogenated alkanes) is 1. The lowest BCUT2D eigenvalue weighted by Crippen LogP contribution is -2.20. The Kier molecular flexibility index (Phi) is 6.34. The van der Waals surface area contributed by atoms with Gasteiger partial charge in [0.15, 0.2) is 0 Å². The lowest BCUT2D eigenvalue weighted by Gasteiger charge is -2.09. The number of benzene rings is 1. The van der Waals surface area contributed by atoms with E-state index in [9.17, 15) is 4.21 Å². The fraction of sp³-hybridized carbons (Fsp3) is 0.538. The summed E-state index contributed by atoms with van der Waals surface area (Å²) in [4.78, 5) is 0.948. The molecule has 0 heterocycles. The summed E-state index contributed by atoms with van der Waals surface area (Å²) in [5.74, 6) is 0.778. The van der Waals surface area contributed by atoms with E-state index in [-0.39, 0.29) is 0 Å². The van der Waals surface area contributed by atoms with E-state index in [1.54, 1.807) is 0 Å². The van der Waals surface area contributed by atoms with Gasteiger partial charge in [0.25, 0.3) is 0 Å². The Balaban J connectivity index is 2.21. The van der Waals surface area contributed by atoms with E-state index in [0.29, 0.717) is 6.04 Å². The molecule has 0 radical (unpaired) electrons. The van der Waals surface area contributed by atoms with Crippen molar-refractivity contribution in [2.45, 2.75) is 37.1 Å². The third kappa shape index (κ3) is 4.90. The topological polar surface area (TPSA) is 29.1 Å². The van der Waals surface area contributed by atoms with Gasteiger partial charge < -0.3 is 5.32 Å². The lowest BCUT2D eigenvalue weighted by molar-refractivity contribution is 0.537. The van der Waals surface area contributed by atoms with Gasteiger partial charge in [0, 0.05) is 16.7 Å². The molecule has 0 aliphatic carbocycles. The van der Waals surface area contributed by atoms with Crippen LogP contribution in [-0.2, 0) is 10.8 Å². The highest BCUT2D eigenvalue weighted by molar-refractivity contribution is 7.85. The second kappa shape index (κ2) is 7.58. The Labute approximate surface area is 101 Å². The van der Waals surface area contributed by atoms with Crippen molar-refractivity contribution in [2.24, 2.45) is 0 Å². The van der Waals surface area contributed by atoms with Crippen LogP contribution in [0.25, 0.3) is 0 Å². The minimum Gasteiger partial charge on any atom is -0.317 e. The van der Waals surface area contributed by atoms with Crippen LogP contribution in [0.3, 0.4) is 0 Å². The molecule has 3 heteroatoms. The van der Waals surface area contributed by atoms with Crippen molar-refractivity contribution in [1.29, 1.82) is 0 Å². The lowest BCUT2D eigenvalue weighted by atomic mass is 10.1. The molecule has 0 bridgehead atoms. The maximum atomic E-state index is 11.9. The Morgan fingerprint density at radius 1 is 1.25 bits per heavy atom. The molecule has 1 N–H and O–H groups in total. The predicted molar refractivity (Wildman–Crippen MR) is 70.1 cm³/mol. The zero-order chi connectivity index (χ0) is 11.8. The van der Waals surface area contributed by atoms with Crippen molar-refractivity contribution in [2.75, 3.05) is 12.8 Å². The maximum absolute atomic E-state index is 11.9. The molecule has 90 valence electrons. The van der Waals surface area contributed by atoms with E-state index in [0.717, 1.165) is 29.9 Å². The van der Waals surface area contributed by atoms with Crippen molar-refractivity contribution < 1.29 is 4.21 Å². The van der Waals surface area contributed by atoms with Crippen LogP contribution in [0.2, 0.25) is 0 Å². The van der Waals surface area contributed by atoms with Crippen LogP contribution >= 0.6 is 0 Å². The van der Waals surface area contributed by atoms with Crippen molar-refractivity contribution >= 4 is 10.8 Å². The van der Waals surface area contributed by atoms with Gasteiger partial charge in [0.2, 0.25) is 0 Å². The van der Waals surface area contributed by atoms with Gasteiger partial charge in [-0.25, -0.2) is 0 Å². The monoisotopic (exact) mass is 239 g/mol. The molecule has 1 aromatic rings. The zero-order valence-electron chi connectivity index (χ0n) is 10.1. The fourth-order valence-electron chi connectivity index (χ4n) is 1.52. The summed E-state index contributed by atoms with van der Waals surface area (Å²) < 4.78 is 11.9. The number of hydrogen-bond donors (Lipinski definition) is 1. The molecule has 1 rings (SSSR count). The van der Waals surface area contributed by atoms with Crippen LogP contribution in [0.1, 0.15) is 26.2 Å². The first-order chi connectivity index (χ1) is 7.74. The summed E-state index contributed by atoms with van der Waals surface area (Å²) in [6, 6.07) is 10.3. The van der Waals surface area contributed by atoms with E-state index in [2.05, 4.69) is 12.2 Å². The van der Waals surface area contributed by atoms with E-state index in [1.165, 1.54) is 0 Å². The molecule has 16 heavy (non-hydrogen) atoms. The van der Waals surface area contributed by atoms with E-state index in [4.69, 9.17) is 0 Å². The molecule has 0 saturated carbocycles. The van der Waals surface area contributed by atoms with Crippen LogP contribution < -0.4 is 5.32 Å². The standard InChI is InChI=1S/C13H21NOS/c1-12(14-2)8-6-7-11-16(15)13-9-4-3-5-10-13/h3-5,9-10,12,14H,6-8,11H2,1-2H3. The van der Waals surface area contributed by atoms with Crippen LogP contribution in [0.4, 0.5) is 0 Å². The predicted octanol–water partition coefficient (Wildman–Crippen LogP) is 2.57. The quantitative estimate of drug-likeness (QED) is 0.741. The van der Waals surface area contributed by atoms with Crippen LogP contribution in [0.15, 0.2) is 35.2 Å². The van der Waals surface area contributed by atoms with Crippen LogP contribution in [0.5, 0.6) is 0 Å². The summed E-state index contributed by atoms with van der Waals surface area (Å²) in [6.45, 7) is 2.17. The summed E-state index contributed by atoms with van der Waals surface area (Å²) in [5, 5.41) is 3.21. The van der Waals surface area contributed by atoms with Gasteiger partial charge in [-0.1, -0.05) is 24.6 Å². The van der Waals surface area contributed by atoms with Crippen molar-refractivity contribution in [3.63, 3.8) is 0 Å². The van der Waals surface area contributed by atoms with Gasteiger partial charge in [-0.05, 0) is 38.9 Å². The molecule has 2 nitrogen and oxygen atoms in total. The van der Waals surface area contributed by atoms with Gasteiger partial charge in [-0.15, -0.1) is 0 Å². The molecule has 0 fully saturated rings. The molecular formula is C13H21NOS. The molecule has 2 unspecified atom stereocenters. The molecule has 0 saturated heterocycles. The van der Waals surface area contributed by atoms with Crippen molar-refractivity contribution in [3.05, 3.63) is 30.3 Å². The molecular weight excluding hydrogens is 218 g/mol. The average Bonchev–Trinajstić information content (AvgIpc) is 2.35. The summed E-state index contributed by atoms with van der Waals surface area (Å²) in [5.41, 5.74) is 0. The Bertz CT molecular complexity index is 313. The highest BCUT2D eigenvalue weighted by atomic mass is 32.2. The minimum absolute atomic E-state index is 0.560. The summed E-state index contributed by atoms with van der Waals surface area (Å²) in [7, 11) is 1.16. The third-order valence-electron chi connectivity index (χ3n) is 2.72. The molecule has 0 amide bonds. The zero-order valence-corrected chi connectivity index (χ0v) is 10.9. The second-order valence-electron chi connectivity index (χ2n) is 4.05. The fourth-order valence-corrected chi connectivity index (χ4v) is 2.68. The first kappa shape index (κ1) is 13.4. The number of nitrogens with one attached hydrogen (secondary N) is 1. The highest BCUT2D eigenvalue weighted by Crippen LogP contribution is 2.08. The van der Waals surface area contributed by atoms with Gasteiger partial charge in [-0.3, -0.25) is 4.21 Å². The summed E-state index contributed by atoms with van der Waals surface area (Å²) in [6.07, 6.45) is 3.33. The highest BCUT2D eigenvalue weighted by Gasteiger charge is 2.03. The molecule has 0 spiro atoms. The van der Waals surface area contributed by atoms with Gasteiger partial charge in [-0.2, -0.15) is 0 Å². The Morgan fingerprint density at radius 2 is 1.94 bits per heavy atom. The van der Waals surface area contributed by atoms with Crippen LogP contribution in [0, 0.1) is 0 Å². The Hall–Kier alpha value is -0.670. The molecule has 2 atom stereocenters. The smallest absolute Gasteiger partial charge is 0.0529 e. The third-order valence-corrected chi connectivity index (χ3v) is 4.17. The van der Waals surface area contributed by atoms with Crippen LogP contribution in [-0.4, -0.2) is 23.1 Å². The van der Waals surface area contributed by atoms with E-state index in [1.807, 2.05) is 37.4 Å². The van der Waals surface area contributed by atoms with E-state index < -0.39 is 10.8 Å². The SMILES string of the molecule is CNC(C)CCCCS(=O)c1ccccc1.